The number of fused-ring (bicyclic) bond motifs is 1. The predicted molar refractivity (Wildman–Crippen MR) is 148 cm³/mol. The molecule has 1 fully saturated rings. The van der Waals surface area contributed by atoms with E-state index in [2.05, 4.69) is 34.1 Å². The van der Waals surface area contributed by atoms with Crippen LogP contribution < -0.4 is 10.1 Å². The van der Waals surface area contributed by atoms with Crippen LogP contribution in [0.25, 0.3) is 10.9 Å². The van der Waals surface area contributed by atoms with E-state index < -0.39 is 22.6 Å². The molecule has 1 N–H and O–H groups in total. The lowest BCUT2D eigenvalue weighted by molar-refractivity contribution is -0.140. The first-order valence-electron chi connectivity index (χ1n) is 12.5. The summed E-state index contributed by atoms with van der Waals surface area (Å²) in [5, 5.41) is 3.65. The number of nitrogens with one attached hydrogen (secondary N) is 1. The number of likely N-dealkylation sites (tertiary alicyclic amines) is 1. The second-order valence-electron chi connectivity index (χ2n) is 9.65. The SMILES string of the molecule is COc1cc(S(C)(=O)=O)ccc1NCC#Cc1cc2c(/N=C/C3CCN(C)CC3)cccc2n1CC(F)(F)F. The molecule has 0 atom stereocenters. The average Bonchev–Trinajstić information content (AvgIpc) is 3.22. The van der Waals surface area contributed by atoms with Crippen molar-refractivity contribution in [1.29, 1.82) is 0 Å². The van der Waals surface area contributed by atoms with Crippen molar-refractivity contribution in [3.63, 3.8) is 0 Å². The van der Waals surface area contributed by atoms with E-state index in [0.29, 0.717) is 33.9 Å². The zero-order valence-electron chi connectivity index (χ0n) is 22.0. The van der Waals surface area contributed by atoms with Crippen LogP contribution in [0.3, 0.4) is 0 Å². The molecule has 1 aromatic heterocycles. The maximum absolute atomic E-state index is 13.5. The Morgan fingerprint density at radius 2 is 1.92 bits per heavy atom. The normalized spacial score (nSPS) is 15.4. The van der Waals surface area contributed by atoms with E-state index in [1.165, 1.54) is 23.8 Å². The minimum absolute atomic E-state index is 0.100. The van der Waals surface area contributed by atoms with E-state index in [1.54, 1.807) is 30.3 Å². The zero-order valence-corrected chi connectivity index (χ0v) is 22.9. The van der Waals surface area contributed by atoms with Crippen LogP contribution in [0.5, 0.6) is 5.75 Å². The molecule has 2 aromatic carbocycles. The standard InChI is InChI=1S/C28H31F3N4O3S/c1-34-14-11-20(12-15-34)18-33-24-7-4-8-26-23(24)16-21(35(26)19-28(29,30)31)6-5-13-32-25-10-9-22(39(3,36)37)17-27(25)38-2/h4,7-10,16-18,20,32H,11-15,19H2,1-3H3/b33-18+. The van der Waals surface area contributed by atoms with Gasteiger partial charge in [-0.1, -0.05) is 12.0 Å². The summed E-state index contributed by atoms with van der Waals surface area (Å²) < 4.78 is 70.5. The van der Waals surface area contributed by atoms with Crippen molar-refractivity contribution < 1.29 is 26.3 Å². The zero-order chi connectivity index (χ0) is 28.2. The smallest absolute Gasteiger partial charge is 0.406 e. The highest BCUT2D eigenvalue weighted by Crippen LogP contribution is 2.32. The first kappa shape index (κ1) is 28.5. The summed E-state index contributed by atoms with van der Waals surface area (Å²) in [7, 11) is 0.0965. The second kappa shape index (κ2) is 11.7. The topological polar surface area (TPSA) is 75.9 Å². The molecule has 3 aromatic rings. The van der Waals surface area contributed by atoms with Crippen LogP contribution in [0.1, 0.15) is 18.5 Å². The maximum Gasteiger partial charge on any atom is 0.406 e. The summed E-state index contributed by atoms with van der Waals surface area (Å²) in [5.74, 6) is 6.39. The van der Waals surface area contributed by atoms with E-state index >= 15 is 0 Å². The third kappa shape index (κ3) is 7.34. The third-order valence-electron chi connectivity index (χ3n) is 6.63. The lowest BCUT2D eigenvalue weighted by Gasteiger charge is -2.26. The van der Waals surface area contributed by atoms with Crippen LogP contribution in [0.4, 0.5) is 24.5 Å². The second-order valence-corrected chi connectivity index (χ2v) is 11.7. The summed E-state index contributed by atoms with van der Waals surface area (Å²) in [6.07, 6.45) is 0.586. The molecular formula is C28H31F3N4O3S. The van der Waals surface area contributed by atoms with E-state index in [-0.39, 0.29) is 17.1 Å². The van der Waals surface area contributed by atoms with Gasteiger partial charge >= 0.3 is 6.18 Å². The average molecular weight is 561 g/mol. The van der Waals surface area contributed by atoms with E-state index in [9.17, 15) is 21.6 Å². The minimum Gasteiger partial charge on any atom is -0.495 e. The fourth-order valence-electron chi connectivity index (χ4n) is 4.52. The van der Waals surface area contributed by atoms with Crippen molar-refractivity contribution in [1.82, 2.24) is 9.47 Å². The number of alkyl halides is 3. The molecular weight excluding hydrogens is 529 g/mol. The lowest BCUT2D eigenvalue weighted by Crippen LogP contribution is -2.30. The number of anilines is 1. The Morgan fingerprint density at radius 1 is 1.18 bits per heavy atom. The first-order valence-corrected chi connectivity index (χ1v) is 14.4. The highest BCUT2D eigenvalue weighted by molar-refractivity contribution is 7.90. The number of sulfone groups is 1. The summed E-state index contributed by atoms with van der Waals surface area (Å²) in [6.45, 7) is 0.911. The molecule has 0 aliphatic carbocycles. The molecule has 0 bridgehead atoms. The molecule has 2 heterocycles. The van der Waals surface area contributed by atoms with Crippen LogP contribution in [-0.4, -0.2) is 70.3 Å². The molecule has 0 unspecified atom stereocenters. The Balaban J connectivity index is 1.60. The summed E-state index contributed by atoms with van der Waals surface area (Å²) >= 11 is 0. The number of rotatable bonds is 7. The van der Waals surface area contributed by atoms with Gasteiger partial charge in [0.05, 0.1) is 41.1 Å². The summed E-state index contributed by atoms with van der Waals surface area (Å²) in [4.78, 5) is 7.04. The van der Waals surface area contributed by atoms with Crippen LogP contribution >= 0.6 is 0 Å². The number of halogens is 3. The number of methoxy groups -OCH3 is 1. The largest absolute Gasteiger partial charge is 0.495 e. The molecule has 0 radical (unpaired) electrons. The van der Waals surface area contributed by atoms with Gasteiger partial charge in [-0.25, -0.2) is 8.42 Å². The van der Waals surface area contributed by atoms with Gasteiger partial charge in [0.25, 0.3) is 0 Å². The molecule has 0 saturated carbocycles. The highest BCUT2D eigenvalue weighted by atomic mass is 32.2. The van der Waals surface area contributed by atoms with Gasteiger partial charge in [-0.05, 0) is 75.1 Å². The molecule has 208 valence electrons. The summed E-state index contributed by atoms with van der Waals surface area (Å²) in [6, 6.07) is 11.2. The van der Waals surface area contributed by atoms with E-state index in [0.717, 1.165) is 32.2 Å². The molecule has 4 rings (SSSR count). The van der Waals surface area contributed by atoms with E-state index in [4.69, 9.17) is 4.74 Å². The molecule has 0 spiro atoms. The fourth-order valence-corrected chi connectivity index (χ4v) is 5.16. The number of aromatic nitrogens is 1. The minimum atomic E-state index is -4.43. The molecule has 1 aliphatic rings. The number of nitrogens with zero attached hydrogens (tertiary/aromatic N) is 3. The Bertz CT molecular complexity index is 1530. The number of ether oxygens (including phenoxy) is 1. The van der Waals surface area contributed by atoms with Crippen molar-refractivity contribution in [3.8, 4) is 17.6 Å². The Morgan fingerprint density at radius 3 is 2.59 bits per heavy atom. The number of hydrogen-bond acceptors (Lipinski definition) is 6. The van der Waals surface area contributed by atoms with Crippen LogP contribution in [0.2, 0.25) is 0 Å². The monoisotopic (exact) mass is 560 g/mol. The number of aliphatic imine (C=N–C) groups is 1. The van der Waals surface area contributed by atoms with Gasteiger partial charge in [0.1, 0.15) is 12.3 Å². The first-order chi connectivity index (χ1) is 18.4. The van der Waals surface area contributed by atoms with Crippen LogP contribution in [-0.2, 0) is 16.4 Å². The van der Waals surface area contributed by atoms with Crippen molar-refractivity contribution in [2.45, 2.75) is 30.5 Å². The van der Waals surface area contributed by atoms with Gasteiger partial charge in [-0.2, -0.15) is 13.2 Å². The Kier molecular flexibility index (Phi) is 8.57. The summed E-state index contributed by atoms with van der Waals surface area (Å²) in [5.41, 5.74) is 1.77. The van der Waals surface area contributed by atoms with Gasteiger partial charge in [0, 0.05) is 23.9 Å². The molecule has 39 heavy (non-hydrogen) atoms. The van der Waals surface area contributed by atoms with Crippen molar-refractivity contribution in [2.24, 2.45) is 10.9 Å². The van der Waals surface area contributed by atoms with Crippen LogP contribution in [0.15, 0.2) is 52.4 Å². The Hall–Kier alpha value is -3.49. The number of piperidine rings is 1. The number of benzene rings is 2. The quantitative estimate of drug-likeness (QED) is 0.321. The van der Waals surface area contributed by atoms with Gasteiger partial charge < -0.3 is 19.5 Å². The molecule has 11 heteroatoms. The van der Waals surface area contributed by atoms with Crippen molar-refractivity contribution >= 4 is 38.3 Å². The maximum atomic E-state index is 13.5. The van der Waals surface area contributed by atoms with Crippen molar-refractivity contribution in [2.75, 3.05) is 45.4 Å². The highest BCUT2D eigenvalue weighted by Gasteiger charge is 2.30. The van der Waals surface area contributed by atoms with Gasteiger partial charge in [-0.15, -0.1) is 0 Å². The molecule has 7 nitrogen and oxygen atoms in total. The van der Waals surface area contributed by atoms with Gasteiger partial charge in [-0.3, -0.25) is 4.99 Å². The van der Waals surface area contributed by atoms with Gasteiger partial charge in [0.15, 0.2) is 9.84 Å². The molecule has 1 aliphatic heterocycles. The molecule has 0 amide bonds. The van der Waals surface area contributed by atoms with E-state index in [1.807, 2.05) is 6.21 Å². The molecule has 1 saturated heterocycles. The predicted octanol–water partition coefficient (Wildman–Crippen LogP) is 5.12. The third-order valence-corrected chi connectivity index (χ3v) is 7.74. The number of hydrogen-bond donors (Lipinski definition) is 1. The van der Waals surface area contributed by atoms with Crippen LogP contribution in [0, 0.1) is 17.8 Å². The van der Waals surface area contributed by atoms with Gasteiger partial charge in [0.2, 0.25) is 0 Å². The fraction of sp³-hybridized carbons (Fsp3) is 0.393. The Labute approximate surface area is 226 Å². The lowest BCUT2D eigenvalue weighted by atomic mass is 9.98. The van der Waals surface area contributed by atoms with Crippen molar-refractivity contribution in [3.05, 3.63) is 48.2 Å².